The van der Waals surface area contributed by atoms with Gasteiger partial charge in [-0.25, -0.2) is 0 Å². The molecular formula is C10H15BrN2OS. The van der Waals surface area contributed by atoms with Crippen molar-refractivity contribution >= 4 is 32.3 Å². The summed E-state index contributed by atoms with van der Waals surface area (Å²) in [6.45, 7) is 3.78. The van der Waals surface area contributed by atoms with Crippen molar-refractivity contribution in [1.29, 1.82) is 0 Å². The van der Waals surface area contributed by atoms with E-state index in [2.05, 4.69) is 38.0 Å². The summed E-state index contributed by atoms with van der Waals surface area (Å²) in [5.74, 6) is 0. The zero-order valence-electron chi connectivity index (χ0n) is 8.46. The Hall–Kier alpha value is -0.100. The van der Waals surface area contributed by atoms with Gasteiger partial charge in [-0.05, 0) is 28.4 Å². The molecule has 0 spiro atoms. The molecule has 0 aliphatic carbocycles. The van der Waals surface area contributed by atoms with Crippen molar-refractivity contribution in [3.05, 3.63) is 15.9 Å². The van der Waals surface area contributed by atoms with E-state index >= 15 is 0 Å². The number of halogens is 1. The molecule has 15 heavy (non-hydrogen) atoms. The van der Waals surface area contributed by atoms with Crippen LogP contribution in [0.2, 0.25) is 0 Å². The first kappa shape index (κ1) is 11.4. The first-order chi connectivity index (χ1) is 7.34. The van der Waals surface area contributed by atoms with Gasteiger partial charge in [0.1, 0.15) is 0 Å². The van der Waals surface area contributed by atoms with Crippen LogP contribution in [-0.4, -0.2) is 32.3 Å². The molecule has 0 amide bonds. The van der Waals surface area contributed by atoms with Crippen LogP contribution < -0.4 is 10.6 Å². The Bertz CT molecular complexity index is 299. The summed E-state index contributed by atoms with van der Waals surface area (Å²) in [4.78, 5) is 0. The molecule has 1 aliphatic heterocycles. The highest BCUT2D eigenvalue weighted by Gasteiger charge is 2.12. The van der Waals surface area contributed by atoms with E-state index in [9.17, 15) is 0 Å². The van der Waals surface area contributed by atoms with Crippen LogP contribution in [0.1, 0.15) is 6.42 Å². The average molecular weight is 291 g/mol. The lowest BCUT2D eigenvalue weighted by molar-refractivity contribution is 0.0258. The monoisotopic (exact) mass is 290 g/mol. The summed E-state index contributed by atoms with van der Waals surface area (Å²) in [6.07, 6.45) is 1.43. The van der Waals surface area contributed by atoms with E-state index in [1.807, 2.05) is 0 Å². The number of anilines is 1. The fourth-order valence-corrected chi connectivity index (χ4v) is 2.92. The fourth-order valence-electron chi connectivity index (χ4n) is 1.57. The second-order valence-electron chi connectivity index (χ2n) is 3.54. The van der Waals surface area contributed by atoms with E-state index in [1.165, 1.54) is 5.00 Å². The maximum Gasteiger partial charge on any atom is 0.0894 e. The molecule has 1 unspecified atom stereocenters. The molecule has 84 valence electrons. The molecule has 2 N–H and O–H groups in total. The van der Waals surface area contributed by atoms with Gasteiger partial charge in [0, 0.05) is 29.5 Å². The zero-order valence-corrected chi connectivity index (χ0v) is 10.9. The second-order valence-corrected chi connectivity index (χ2v) is 5.37. The summed E-state index contributed by atoms with van der Waals surface area (Å²) in [5, 5.41) is 10.0. The first-order valence-electron chi connectivity index (χ1n) is 5.15. The lowest BCUT2D eigenvalue weighted by atomic mass is 10.2. The summed E-state index contributed by atoms with van der Waals surface area (Å²) < 4.78 is 6.76. The van der Waals surface area contributed by atoms with Crippen LogP contribution in [0.4, 0.5) is 5.00 Å². The van der Waals surface area contributed by atoms with Crippen LogP contribution in [0.15, 0.2) is 15.9 Å². The van der Waals surface area contributed by atoms with Gasteiger partial charge in [0.15, 0.2) is 0 Å². The molecule has 2 heterocycles. The Morgan fingerprint density at radius 3 is 3.27 bits per heavy atom. The van der Waals surface area contributed by atoms with Gasteiger partial charge < -0.3 is 15.4 Å². The summed E-state index contributed by atoms with van der Waals surface area (Å²) in [5.41, 5.74) is 0. The van der Waals surface area contributed by atoms with Crippen LogP contribution in [0, 0.1) is 0 Å². The molecule has 1 atom stereocenters. The average Bonchev–Trinajstić information content (AvgIpc) is 2.66. The van der Waals surface area contributed by atoms with Crippen LogP contribution in [0.5, 0.6) is 0 Å². The topological polar surface area (TPSA) is 33.3 Å². The molecule has 1 saturated heterocycles. The number of hydrogen-bond donors (Lipinski definition) is 2. The fraction of sp³-hybridized carbons (Fsp3) is 0.600. The van der Waals surface area contributed by atoms with E-state index < -0.39 is 0 Å². The maximum absolute atomic E-state index is 5.61. The molecule has 1 aliphatic rings. The molecule has 3 nitrogen and oxygen atoms in total. The third-order valence-corrected chi connectivity index (χ3v) is 3.99. The summed E-state index contributed by atoms with van der Waals surface area (Å²) >= 11 is 5.16. The van der Waals surface area contributed by atoms with Gasteiger partial charge in [0.2, 0.25) is 0 Å². The molecule has 1 fully saturated rings. The van der Waals surface area contributed by atoms with E-state index in [-0.39, 0.29) is 0 Å². The van der Waals surface area contributed by atoms with E-state index in [0.29, 0.717) is 6.10 Å². The van der Waals surface area contributed by atoms with Crippen molar-refractivity contribution in [3.63, 3.8) is 0 Å². The van der Waals surface area contributed by atoms with E-state index in [1.54, 1.807) is 11.3 Å². The Labute approximate surface area is 102 Å². The smallest absolute Gasteiger partial charge is 0.0894 e. The third kappa shape index (κ3) is 3.75. The highest BCUT2D eigenvalue weighted by molar-refractivity contribution is 9.10. The third-order valence-electron chi connectivity index (χ3n) is 2.34. The maximum atomic E-state index is 5.61. The number of nitrogens with one attached hydrogen (secondary N) is 2. The van der Waals surface area contributed by atoms with Crippen LogP contribution in [-0.2, 0) is 4.74 Å². The Morgan fingerprint density at radius 2 is 2.60 bits per heavy atom. The predicted molar refractivity (Wildman–Crippen MR) is 67.7 cm³/mol. The van der Waals surface area contributed by atoms with Crippen molar-refractivity contribution in [2.75, 3.05) is 31.6 Å². The number of morpholine rings is 1. The van der Waals surface area contributed by atoms with Crippen molar-refractivity contribution in [3.8, 4) is 0 Å². The highest BCUT2D eigenvalue weighted by Crippen LogP contribution is 2.24. The molecule has 5 heteroatoms. The predicted octanol–water partition coefficient (Wildman–Crippen LogP) is 2.30. The minimum Gasteiger partial charge on any atom is -0.377 e. The van der Waals surface area contributed by atoms with Gasteiger partial charge in [-0.2, -0.15) is 0 Å². The lowest BCUT2D eigenvalue weighted by Crippen LogP contribution is -2.39. The molecule has 1 aromatic rings. The number of hydrogen-bond acceptors (Lipinski definition) is 4. The highest BCUT2D eigenvalue weighted by atomic mass is 79.9. The van der Waals surface area contributed by atoms with Crippen molar-refractivity contribution < 1.29 is 4.74 Å². The quantitative estimate of drug-likeness (QED) is 0.893. The molecule has 0 radical (unpaired) electrons. The molecule has 1 aromatic heterocycles. The minimum atomic E-state index is 0.370. The SMILES string of the molecule is Brc1csc(NCCC2CNCCO2)c1. The Morgan fingerprint density at radius 1 is 1.67 bits per heavy atom. The zero-order chi connectivity index (χ0) is 10.5. The molecule has 2 rings (SSSR count). The van der Waals surface area contributed by atoms with Crippen molar-refractivity contribution in [2.45, 2.75) is 12.5 Å². The largest absolute Gasteiger partial charge is 0.377 e. The van der Waals surface area contributed by atoms with Gasteiger partial charge in [0.05, 0.1) is 17.7 Å². The van der Waals surface area contributed by atoms with Crippen LogP contribution in [0.25, 0.3) is 0 Å². The van der Waals surface area contributed by atoms with Gasteiger partial charge in [0.25, 0.3) is 0 Å². The van der Waals surface area contributed by atoms with E-state index in [0.717, 1.165) is 37.1 Å². The van der Waals surface area contributed by atoms with Crippen molar-refractivity contribution in [1.82, 2.24) is 5.32 Å². The van der Waals surface area contributed by atoms with Crippen LogP contribution in [0.3, 0.4) is 0 Å². The van der Waals surface area contributed by atoms with Gasteiger partial charge >= 0.3 is 0 Å². The Kier molecular flexibility index (Phi) is 4.43. The Balaban J connectivity index is 1.65. The van der Waals surface area contributed by atoms with Crippen LogP contribution >= 0.6 is 27.3 Å². The number of thiophene rings is 1. The van der Waals surface area contributed by atoms with Gasteiger partial charge in [-0.1, -0.05) is 0 Å². The first-order valence-corrected chi connectivity index (χ1v) is 6.82. The number of ether oxygens (including phenoxy) is 1. The normalized spacial score (nSPS) is 21.5. The summed E-state index contributed by atoms with van der Waals surface area (Å²) in [7, 11) is 0. The molecule has 0 saturated carbocycles. The molecular weight excluding hydrogens is 276 g/mol. The molecule has 0 bridgehead atoms. The van der Waals surface area contributed by atoms with Gasteiger partial charge in [-0.15, -0.1) is 11.3 Å². The molecule has 0 aromatic carbocycles. The minimum absolute atomic E-state index is 0.370. The number of rotatable bonds is 4. The summed E-state index contributed by atoms with van der Waals surface area (Å²) in [6, 6.07) is 2.10. The van der Waals surface area contributed by atoms with Crippen molar-refractivity contribution in [2.24, 2.45) is 0 Å². The standard InChI is InChI=1S/C10H15BrN2OS/c11-8-5-10(15-7-8)13-2-1-9-6-12-3-4-14-9/h5,7,9,12-13H,1-4,6H2. The van der Waals surface area contributed by atoms with E-state index in [4.69, 9.17) is 4.74 Å². The second kappa shape index (κ2) is 5.84. The lowest BCUT2D eigenvalue weighted by Gasteiger charge is -2.23. The van der Waals surface area contributed by atoms with Gasteiger partial charge in [-0.3, -0.25) is 0 Å².